The van der Waals surface area contributed by atoms with Crippen LogP contribution in [0.3, 0.4) is 0 Å². The lowest BCUT2D eigenvalue weighted by Gasteiger charge is -2.32. The number of alkyl halides is 3. The number of hydrogen-bond donors (Lipinski definition) is 2. The van der Waals surface area contributed by atoms with E-state index >= 15 is 0 Å². The van der Waals surface area contributed by atoms with E-state index in [2.05, 4.69) is 5.32 Å². The summed E-state index contributed by atoms with van der Waals surface area (Å²) in [4.78, 5) is 12.0. The van der Waals surface area contributed by atoms with Gasteiger partial charge in [-0.25, -0.2) is 0 Å². The summed E-state index contributed by atoms with van der Waals surface area (Å²) in [6.07, 6.45) is -2.24. The van der Waals surface area contributed by atoms with Crippen molar-refractivity contribution in [2.75, 3.05) is 6.54 Å². The fourth-order valence-electron chi connectivity index (χ4n) is 2.96. The Labute approximate surface area is 127 Å². The predicted octanol–water partition coefficient (Wildman–Crippen LogP) is 3.42. The van der Waals surface area contributed by atoms with Crippen molar-refractivity contribution < 1.29 is 23.1 Å². The molecule has 2 N–H and O–H groups in total. The van der Waals surface area contributed by atoms with Crippen LogP contribution in [0, 0.1) is 11.8 Å². The van der Waals surface area contributed by atoms with Crippen molar-refractivity contribution in [2.24, 2.45) is 11.8 Å². The van der Waals surface area contributed by atoms with E-state index in [1.165, 1.54) is 12.1 Å². The molecule has 0 spiro atoms. The Bertz CT molecular complexity index is 499. The van der Waals surface area contributed by atoms with E-state index in [4.69, 9.17) is 5.11 Å². The molecule has 0 unspecified atom stereocenters. The number of amides is 1. The summed E-state index contributed by atoms with van der Waals surface area (Å²) in [5.41, 5.74) is 0.911. The molecule has 1 aromatic carbocycles. The van der Waals surface area contributed by atoms with Crippen LogP contribution in [0.2, 0.25) is 0 Å². The molecule has 0 aromatic heterocycles. The number of aromatic hydroxyl groups is 1. The molecule has 1 aliphatic rings. The number of rotatable bonds is 4. The first-order valence-electron chi connectivity index (χ1n) is 7.50. The largest absolute Gasteiger partial charge is 0.508 e. The summed E-state index contributed by atoms with van der Waals surface area (Å²) in [5, 5.41) is 11.8. The van der Waals surface area contributed by atoms with Crippen LogP contribution in [0.25, 0.3) is 0 Å². The number of hydrogen-bond acceptors (Lipinski definition) is 2. The second-order valence-corrected chi connectivity index (χ2v) is 5.75. The number of carbonyl (C=O) groups excluding carboxylic acids is 1. The average Bonchev–Trinajstić information content (AvgIpc) is 2.48. The zero-order valence-corrected chi connectivity index (χ0v) is 12.2. The van der Waals surface area contributed by atoms with Crippen LogP contribution in [0.4, 0.5) is 13.2 Å². The van der Waals surface area contributed by atoms with Crippen molar-refractivity contribution in [3.63, 3.8) is 0 Å². The highest BCUT2D eigenvalue weighted by Crippen LogP contribution is 2.41. The highest BCUT2D eigenvalue weighted by Gasteiger charge is 2.47. The number of nitrogens with one attached hydrogen (secondary N) is 1. The first kappa shape index (κ1) is 16.6. The van der Waals surface area contributed by atoms with Crippen LogP contribution in [0.15, 0.2) is 24.3 Å². The Hall–Kier alpha value is -1.72. The van der Waals surface area contributed by atoms with E-state index in [-0.39, 0.29) is 12.2 Å². The Morgan fingerprint density at radius 1 is 1.18 bits per heavy atom. The van der Waals surface area contributed by atoms with Gasteiger partial charge in [-0.2, -0.15) is 13.2 Å². The number of phenolic OH excluding ortho intramolecular Hbond substituents is 1. The van der Waals surface area contributed by atoms with Crippen molar-refractivity contribution in [1.82, 2.24) is 5.32 Å². The summed E-state index contributed by atoms with van der Waals surface area (Å²) < 4.78 is 38.9. The molecule has 6 heteroatoms. The van der Waals surface area contributed by atoms with E-state index in [1.54, 1.807) is 12.1 Å². The molecular formula is C16H20F3NO2. The molecule has 2 rings (SSSR count). The summed E-state index contributed by atoms with van der Waals surface area (Å²) in [6.45, 7) is 0.296. The van der Waals surface area contributed by atoms with Gasteiger partial charge >= 0.3 is 6.18 Å². The minimum atomic E-state index is -4.31. The topological polar surface area (TPSA) is 49.3 Å². The molecule has 2 atom stereocenters. The Balaban J connectivity index is 1.86. The van der Waals surface area contributed by atoms with Crippen molar-refractivity contribution >= 4 is 5.91 Å². The van der Waals surface area contributed by atoms with Crippen LogP contribution >= 0.6 is 0 Å². The number of phenols is 1. The van der Waals surface area contributed by atoms with Gasteiger partial charge in [-0.1, -0.05) is 25.0 Å². The molecule has 1 amide bonds. The molecule has 22 heavy (non-hydrogen) atoms. The van der Waals surface area contributed by atoms with Crippen molar-refractivity contribution in [1.29, 1.82) is 0 Å². The molecule has 1 aromatic rings. The van der Waals surface area contributed by atoms with Crippen LogP contribution < -0.4 is 5.32 Å². The Kier molecular flexibility index (Phi) is 5.32. The average molecular weight is 315 g/mol. The predicted molar refractivity (Wildman–Crippen MR) is 76.3 cm³/mol. The monoisotopic (exact) mass is 315 g/mol. The van der Waals surface area contributed by atoms with E-state index in [1.807, 2.05) is 0 Å². The van der Waals surface area contributed by atoms with Crippen LogP contribution in [-0.2, 0) is 11.2 Å². The molecule has 122 valence electrons. The van der Waals surface area contributed by atoms with E-state index in [9.17, 15) is 18.0 Å². The van der Waals surface area contributed by atoms with Gasteiger partial charge in [-0.3, -0.25) is 4.79 Å². The van der Waals surface area contributed by atoms with Crippen LogP contribution in [-0.4, -0.2) is 23.7 Å². The fourth-order valence-corrected chi connectivity index (χ4v) is 2.96. The van der Waals surface area contributed by atoms with Crippen molar-refractivity contribution in [2.45, 2.75) is 38.3 Å². The number of benzene rings is 1. The van der Waals surface area contributed by atoms with Gasteiger partial charge in [0.1, 0.15) is 5.75 Å². The van der Waals surface area contributed by atoms with Gasteiger partial charge in [-0.05, 0) is 37.0 Å². The first-order valence-corrected chi connectivity index (χ1v) is 7.50. The van der Waals surface area contributed by atoms with E-state index in [0.717, 1.165) is 5.56 Å². The second kappa shape index (κ2) is 7.03. The summed E-state index contributed by atoms with van der Waals surface area (Å²) in [7, 11) is 0. The van der Waals surface area contributed by atoms with E-state index in [0.29, 0.717) is 32.2 Å². The molecule has 0 aliphatic heterocycles. The third-order valence-electron chi connectivity index (χ3n) is 4.17. The standard InChI is InChI=1S/C16H20F3NO2/c17-16(18,19)14-4-2-1-3-13(14)15(22)20-10-9-11-5-7-12(21)8-6-11/h5-8,13-14,21H,1-4,9-10H2,(H,20,22)/t13-,14-/m0/s1. The Morgan fingerprint density at radius 2 is 1.82 bits per heavy atom. The van der Waals surface area contributed by atoms with Gasteiger partial charge in [-0.15, -0.1) is 0 Å². The molecule has 1 saturated carbocycles. The number of halogens is 3. The fraction of sp³-hybridized carbons (Fsp3) is 0.562. The minimum absolute atomic E-state index is 0.0412. The summed E-state index contributed by atoms with van der Waals surface area (Å²) in [5.74, 6) is -2.83. The highest BCUT2D eigenvalue weighted by molar-refractivity contribution is 5.79. The molecular weight excluding hydrogens is 295 g/mol. The highest BCUT2D eigenvalue weighted by atomic mass is 19.4. The van der Waals surface area contributed by atoms with Gasteiger partial charge in [0.25, 0.3) is 0 Å². The molecule has 0 heterocycles. The summed E-state index contributed by atoms with van der Waals surface area (Å²) in [6, 6.07) is 6.52. The third kappa shape index (κ3) is 4.39. The molecule has 3 nitrogen and oxygen atoms in total. The maximum atomic E-state index is 13.0. The normalized spacial score (nSPS) is 22.3. The SMILES string of the molecule is O=C(NCCc1ccc(O)cc1)[C@H]1CCCC[C@@H]1C(F)(F)F. The zero-order chi connectivity index (χ0) is 16.2. The van der Waals surface area contributed by atoms with Gasteiger partial charge in [0.2, 0.25) is 5.91 Å². The van der Waals surface area contributed by atoms with E-state index < -0.39 is 23.9 Å². The molecule has 0 saturated heterocycles. The van der Waals surface area contributed by atoms with Gasteiger partial charge < -0.3 is 10.4 Å². The number of carbonyl (C=O) groups is 1. The Morgan fingerprint density at radius 3 is 2.45 bits per heavy atom. The lowest BCUT2D eigenvalue weighted by atomic mass is 9.78. The first-order chi connectivity index (χ1) is 10.4. The maximum absolute atomic E-state index is 13.0. The van der Waals surface area contributed by atoms with Gasteiger partial charge in [0, 0.05) is 12.5 Å². The lowest BCUT2D eigenvalue weighted by Crippen LogP contribution is -2.43. The smallest absolute Gasteiger partial charge is 0.392 e. The zero-order valence-electron chi connectivity index (χ0n) is 12.2. The van der Waals surface area contributed by atoms with Gasteiger partial charge in [0.15, 0.2) is 0 Å². The quantitative estimate of drug-likeness (QED) is 0.894. The molecule has 1 fully saturated rings. The van der Waals surface area contributed by atoms with Crippen LogP contribution in [0.5, 0.6) is 5.75 Å². The van der Waals surface area contributed by atoms with Crippen molar-refractivity contribution in [3.05, 3.63) is 29.8 Å². The van der Waals surface area contributed by atoms with Crippen LogP contribution in [0.1, 0.15) is 31.2 Å². The second-order valence-electron chi connectivity index (χ2n) is 5.75. The lowest BCUT2D eigenvalue weighted by molar-refractivity contribution is -0.198. The minimum Gasteiger partial charge on any atom is -0.508 e. The third-order valence-corrected chi connectivity index (χ3v) is 4.17. The van der Waals surface area contributed by atoms with Crippen molar-refractivity contribution in [3.8, 4) is 5.75 Å². The molecule has 1 aliphatic carbocycles. The maximum Gasteiger partial charge on any atom is 0.392 e. The molecule has 0 radical (unpaired) electrons. The summed E-state index contributed by atoms with van der Waals surface area (Å²) >= 11 is 0. The molecule has 0 bridgehead atoms. The van der Waals surface area contributed by atoms with Gasteiger partial charge in [0.05, 0.1) is 5.92 Å².